The zero-order chi connectivity index (χ0) is 10.8. The van der Waals surface area contributed by atoms with E-state index in [4.69, 9.17) is 14.7 Å². The van der Waals surface area contributed by atoms with Crippen LogP contribution in [0.1, 0.15) is 18.4 Å². The Hall–Kier alpha value is -1.76. The van der Waals surface area contributed by atoms with Crippen molar-refractivity contribution in [1.82, 2.24) is 0 Å². The van der Waals surface area contributed by atoms with Gasteiger partial charge in [-0.3, -0.25) is 0 Å². The fourth-order valence-electron chi connectivity index (χ4n) is 1.28. The highest BCUT2D eigenvalue weighted by Gasteiger charge is 2.26. The third-order valence-corrected chi connectivity index (χ3v) is 2.17. The summed E-state index contributed by atoms with van der Waals surface area (Å²) in [6, 6.07) is 4.27. The second kappa shape index (κ2) is 3.77. The number of hydrogen-bond acceptors (Lipinski definition) is 3. The number of benzene rings is 1. The summed E-state index contributed by atoms with van der Waals surface area (Å²) < 4.78 is 23.5. The quantitative estimate of drug-likeness (QED) is 0.763. The van der Waals surface area contributed by atoms with E-state index in [-0.39, 0.29) is 17.4 Å². The van der Waals surface area contributed by atoms with E-state index in [1.165, 1.54) is 13.2 Å². The summed E-state index contributed by atoms with van der Waals surface area (Å²) in [5, 5.41) is 8.84. The number of halogens is 1. The Balaban J connectivity index is 2.42. The highest BCUT2D eigenvalue weighted by Crippen LogP contribution is 2.36. The van der Waals surface area contributed by atoms with Crippen molar-refractivity contribution < 1.29 is 13.9 Å². The van der Waals surface area contributed by atoms with E-state index in [1.54, 1.807) is 0 Å². The maximum Gasteiger partial charge on any atom is 0.179 e. The highest BCUT2D eigenvalue weighted by atomic mass is 19.1. The fourth-order valence-corrected chi connectivity index (χ4v) is 1.28. The molecule has 0 spiro atoms. The van der Waals surface area contributed by atoms with Crippen LogP contribution in [0.15, 0.2) is 12.1 Å². The smallest absolute Gasteiger partial charge is 0.179 e. The van der Waals surface area contributed by atoms with Gasteiger partial charge in [-0.2, -0.15) is 5.26 Å². The molecule has 0 saturated heterocycles. The molecule has 0 N–H and O–H groups in total. The van der Waals surface area contributed by atoms with Crippen molar-refractivity contribution in [2.24, 2.45) is 0 Å². The molecule has 0 radical (unpaired) electrons. The van der Waals surface area contributed by atoms with Crippen molar-refractivity contribution in [3.63, 3.8) is 0 Å². The Kier molecular flexibility index (Phi) is 2.46. The van der Waals surface area contributed by atoms with Gasteiger partial charge in [0.25, 0.3) is 0 Å². The van der Waals surface area contributed by atoms with Crippen molar-refractivity contribution in [3.05, 3.63) is 23.5 Å². The maximum atomic E-state index is 13.0. The van der Waals surface area contributed by atoms with E-state index in [0.29, 0.717) is 5.75 Å². The van der Waals surface area contributed by atoms with Gasteiger partial charge in [0, 0.05) is 6.07 Å². The molecule has 0 unspecified atom stereocenters. The monoisotopic (exact) mass is 207 g/mol. The molecule has 1 aliphatic rings. The molecule has 1 aliphatic carbocycles. The summed E-state index contributed by atoms with van der Waals surface area (Å²) in [7, 11) is 1.43. The van der Waals surface area contributed by atoms with Crippen molar-refractivity contribution in [1.29, 1.82) is 5.26 Å². The van der Waals surface area contributed by atoms with Crippen LogP contribution in [0.3, 0.4) is 0 Å². The second-order valence-corrected chi connectivity index (χ2v) is 3.41. The molecule has 78 valence electrons. The number of rotatable bonds is 3. The normalized spacial score (nSPS) is 14.5. The third kappa shape index (κ3) is 2.01. The first-order valence-corrected chi connectivity index (χ1v) is 4.69. The standard InChI is InChI=1S/C11H10FNO2/c1-14-10-5-8(12)4-7(6-13)11(10)15-9-2-3-9/h4-5,9H,2-3H2,1H3. The Morgan fingerprint density at radius 3 is 2.73 bits per heavy atom. The van der Waals surface area contributed by atoms with Gasteiger partial charge in [0.05, 0.1) is 13.2 Å². The molecule has 1 saturated carbocycles. The van der Waals surface area contributed by atoms with Gasteiger partial charge in [0.1, 0.15) is 17.4 Å². The molecule has 0 atom stereocenters. The first-order chi connectivity index (χ1) is 7.24. The van der Waals surface area contributed by atoms with E-state index >= 15 is 0 Å². The molecule has 2 rings (SSSR count). The maximum absolute atomic E-state index is 13.0. The molecule has 0 bridgehead atoms. The molecular weight excluding hydrogens is 197 g/mol. The van der Waals surface area contributed by atoms with E-state index in [1.807, 2.05) is 6.07 Å². The van der Waals surface area contributed by atoms with Gasteiger partial charge in [0.2, 0.25) is 0 Å². The molecule has 0 aliphatic heterocycles. The highest BCUT2D eigenvalue weighted by molar-refractivity contribution is 5.53. The van der Waals surface area contributed by atoms with Gasteiger partial charge in [-0.05, 0) is 18.9 Å². The zero-order valence-corrected chi connectivity index (χ0v) is 8.29. The van der Waals surface area contributed by atoms with Crippen LogP contribution in [0, 0.1) is 17.1 Å². The van der Waals surface area contributed by atoms with Crippen LogP contribution in [-0.4, -0.2) is 13.2 Å². The summed E-state index contributed by atoms with van der Waals surface area (Å²) in [5.74, 6) is 0.133. The van der Waals surface area contributed by atoms with Crippen LogP contribution in [0.5, 0.6) is 11.5 Å². The summed E-state index contributed by atoms with van der Waals surface area (Å²) in [5.41, 5.74) is 0.179. The fraction of sp³-hybridized carbons (Fsp3) is 0.364. The lowest BCUT2D eigenvalue weighted by atomic mass is 10.2. The van der Waals surface area contributed by atoms with Crippen LogP contribution >= 0.6 is 0 Å². The van der Waals surface area contributed by atoms with Gasteiger partial charge in [-0.1, -0.05) is 0 Å². The Labute approximate surface area is 87.0 Å². The molecule has 15 heavy (non-hydrogen) atoms. The number of nitrogens with zero attached hydrogens (tertiary/aromatic N) is 1. The zero-order valence-electron chi connectivity index (χ0n) is 8.29. The summed E-state index contributed by atoms with van der Waals surface area (Å²) in [6.07, 6.45) is 2.10. The lowest BCUT2D eigenvalue weighted by molar-refractivity contribution is 0.280. The molecule has 0 heterocycles. The first-order valence-electron chi connectivity index (χ1n) is 4.69. The minimum absolute atomic E-state index is 0.150. The molecule has 1 aromatic carbocycles. The largest absolute Gasteiger partial charge is 0.493 e. The number of methoxy groups -OCH3 is 1. The molecule has 4 heteroatoms. The molecule has 1 fully saturated rings. The summed E-state index contributed by atoms with van der Waals surface area (Å²) in [6.45, 7) is 0. The first kappa shape index (κ1) is 9.78. The number of nitriles is 1. The van der Waals surface area contributed by atoms with Crippen LogP contribution in [-0.2, 0) is 0 Å². The van der Waals surface area contributed by atoms with Crippen LogP contribution in [0.25, 0.3) is 0 Å². The van der Waals surface area contributed by atoms with E-state index < -0.39 is 5.82 Å². The predicted molar refractivity (Wildman–Crippen MR) is 51.3 cm³/mol. The van der Waals surface area contributed by atoms with Crippen molar-refractivity contribution in [2.45, 2.75) is 18.9 Å². The average Bonchev–Trinajstić information content (AvgIpc) is 3.03. The van der Waals surface area contributed by atoms with E-state index in [2.05, 4.69) is 0 Å². The number of hydrogen-bond donors (Lipinski definition) is 0. The van der Waals surface area contributed by atoms with Crippen molar-refractivity contribution in [3.8, 4) is 17.6 Å². The third-order valence-electron chi connectivity index (χ3n) is 2.17. The Morgan fingerprint density at radius 1 is 1.47 bits per heavy atom. The Morgan fingerprint density at radius 2 is 2.20 bits per heavy atom. The van der Waals surface area contributed by atoms with Gasteiger partial charge in [0.15, 0.2) is 11.5 Å². The van der Waals surface area contributed by atoms with E-state index in [0.717, 1.165) is 18.9 Å². The molecular formula is C11H10FNO2. The topological polar surface area (TPSA) is 42.2 Å². The van der Waals surface area contributed by atoms with Crippen molar-refractivity contribution >= 4 is 0 Å². The number of ether oxygens (including phenoxy) is 2. The van der Waals surface area contributed by atoms with Crippen LogP contribution in [0.4, 0.5) is 4.39 Å². The Bertz CT molecular complexity index is 421. The van der Waals surface area contributed by atoms with Crippen molar-refractivity contribution in [2.75, 3.05) is 7.11 Å². The lowest BCUT2D eigenvalue weighted by Gasteiger charge is -2.11. The SMILES string of the molecule is COc1cc(F)cc(C#N)c1OC1CC1. The average molecular weight is 207 g/mol. The van der Waals surface area contributed by atoms with Gasteiger partial charge in [-0.25, -0.2) is 4.39 Å². The second-order valence-electron chi connectivity index (χ2n) is 3.41. The van der Waals surface area contributed by atoms with Crippen LogP contribution < -0.4 is 9.47 Å². The molecule has 0 amide bonds. The predicted octanol–water partition coefficient (Wildman–Crippen LogP) is 2.25. The van der Waals surface area contributed by atoms with E-state index in [9.17, 15) is 4.39 Å². The minimum Gasteiger partial charge on any atom is -0.493 e. The molecule has 3 nitrogen and oxygen atoms in total. The lowest BCUT2D eigenvalue weighted by Crippen LogP contribution is -2.01. The van der Waals surface area contributed by atoms with Gasteiger partial charge >= 0.3 is 0 Å². The molecule has 0 aromatic heterocycles. The van der Waals surface area contributed by atoms with Gasteiger partial charge < -0.3 is 9.47 Å². The minimum atomic E-state index is -0.494. The molecule has 1 aromatic rings. The summed E-state index contributed by atoms with van der Waals surface area (Å²) in [4.78, 5) is 0. The summed E-state index contributed by atoms with van der Waals surface area (Å²) >= 11 is 0. The van der Waals surface area contributed by atoms with Crippen LogP contribution in [0.2, 0.25) is 0 Å². The van der Waals surface area contributed by atoms with Gasteiger partial charge in [-0.15, -0.1) is 0 Å².